The smallest absolute Gasteiger partial charge is 0.231 e. The topological polar surface area (TPSA) is 37.3 Å². The summed E-state index contributed by atoms with van der Waals surface area (Å²) in [6.07, 6.45) is 1.86. The van der Waals surface area contributed by atoms with Crippen LogP contribution in [0.2, 0.25) is 0 Å². The number of ketones is 1. The molecule has 0 aliphatic heterocycles. The van der Waals surface area contributed by atoms with Gasteiger partial charge in [0.2, 0.25) is 5.78 Å². The number of aliphatic hydroxyl groups is 1. The van der Waals surface area contributed by atoms with E-state index in [-0.39, 0.29) is 17.5 Å². The maximum atomic E-state index is 11.5. The lowest BCUT2D eigenvalue weighted by Crippen LogP contribution is -2.01. The van der Waals surface area contributed by atoms with Gasteiger partial charge in [0.05, 0.1) is 5.57 Å². The molecule has 0 amide bonds. The average molecular weight is 192 g/mol. The monoisotopic (exact) mass is 192 g/mol. The first-order chi connectivity index (χ1) is 6.45. The number of rotatable bonds is 1. The Kier molecular flexibility index (Phi) is 2.97. The Labute approximate surface area is 84.6 Å². The molecule has 1 atom stereocenters. The Bertz CT molecular complexity index is 353. The molecule has 0 aromatic heterocycles. The van der Waals surface area contributed by atoms with Gasteiger partial charge in [-0.1, -0.05) is 20.8 Å². The summed E-state index contributed by atoms with van der Waals surface area (Å²) in [5.74, 6) is -0.00731. The van der Waals surface area contributed by atoms with E-state index in [9.17, 15) is 9.90 Å². The van der Waals surface area contributed by atoms with Crippen LogP contribution >= 0.6 is 0 Å². The van der Waals surface area contributed by atoms with E-state index in [1.807, 2.05) is 26.8 Å². The molecule has 0 aromatic carbocycles. The number of Topliss-reactive ketones (excluding diaryl/α,β-unsaturated/α-hetero) is 1. The molecule has 0 heterocycles. The van der Waals surface area contributed by atoms with Gasteiger partial charge < -0.3 is 5.11 Å². The van der Waals surface area contributed by atoms with E-state index in [1.165, 1.54) is 0 Å². The first kappa shape index (κ1) is 10.8. The van der Waals surface area contributed by atoms with Crippen molar-refractivity contribution in [3.63, 3.8) is 0 Å². The van der Waals surface area contributed by atoms with Crippen molar-refractivity contribution in [2.45, 2.75) is 27.7 Å². The highest BCUT2D eigenvalue weighted by Gasteiger charge is 2.31. The van der Waals surface area contributed by atoms with Gasteiger partial charge in [-0.2, -0.15) is 0 Å². The van der Waals surface area contributed by atoms with E-state index in [2.05, 4.69) is 5.73 Å². The van der Waals surface area contributed by atoms with Crippen LogP contribution < -0.4 is 0 Å². The summed E-state index contributed by atoms with van der Waals surface area (Å²) in [6, 6.07) is 0. The highest BCUT2D eigenvalue weighted by Crippen LogP contribution is 2.31. The van der Waals surface area contributed by atoms with Crippen molar-refractivity contribution < 1.29 is 9.90 Å². The van der Waals surface area contributed by atoms with Crippen molar-refractivity contribution >= 4 is 5.78 Å². The number of carbonyl (C=O) groups excluding carboxylic acids is 1. The lowest BCUT2D eigenvalue weighted by atomic mass is 10.00. The van der Waals surface area contributed by atoms with Crippen molar-refractivity contribution in [2.24, 2.45) is 11.8 Å². The second-order valence-electron chi connectivity index (χ2n) is 4.05. The molecule has 0 radical (unpaired) electrons. The fourth-order valence-corrected chi connectivity index (χ4v) is 1.37. The van der Waals surface area contributed by atoms with Gasteiger partial charge in [0.1, 0.15) is 0 Å². The molecule has 0 saturated heterocycles. The van der Waals surface area contributed by atoms with Crippen LogP contribution in [0.25, 0.3) is 0 Å². The molecule has 76 valence electrons. The zero-order valence-electron chi connectivity index (χ0n) is 9.09. The molecule has 1 aliphatic rings. The Morgan fingerprint density at radius 1 is 1.50 bits per heavy atom. The van der Waals surface area contributed by atoms with Crippen molar-refractivity contribution in [1.82, 2.24) is 0 Å². The summed E-state index contributed by atoms with van der Waals surface area (Å²) < 4.78 is 0. The molecule has 0 bridgehead atoms. The van der Waals surface area contributed by atoms with Crippen molar-refractivity contribution in [1.29, 1.82) is 0 Å². The van der Waals surface area contributed by atoms with Crippen molar-refractivity contribution in [3.8, 4) is 0 Å². The summed E-state index contributed by atoms with van der Waals surface area (Å²) in [7, 11) is 0. The molecule has 0 fully saturated rings. The number of allylic oxidation sites excluding steroid dienone is 2. The van der Waals surface area contributed by atoms with Crippen LogP contribution in [-0.4, -0.2) is 10.9 Å². The third-order valence-corrected chi connectivity index (χ3v) is 2.49. The third kappa shape index (κ3) is 1.80. The van der Waals surface area contributed by atoms with Gasteiger partial charge in [-0.05, 0) is 24.5 Å². The number of aliphatic hydroxyl groups excluding tert-OH is 1. The van der Waals surface area contributed by atoms with E-state index in [0.29, 0.717) is 11.5 Å². The number of hydrogen-bond donors (Lipinski definition) is 1. The van der Waals surface area contributed by atoms with Gasteiger partial charge in [0.25, 0.3) is 0 Å². The molecule has 14 heavy (non-hydrogen) atoms. The first-order valence-electron chi connectivity index (χ1n) is 4.86. The Morgan fingerprint density at radius 3 is 2.43 bits per heavy atom. The molecule has 2 nitrogen and oxygen atoms in total. The summed E-state index contributed by atoms with van der Waals surface area (Å²) in [5.41, 5.74) is 4.30. The minimum absolute atomic E-state index is 0.00231. The van der Waals surface area contributed by atoms with Gasteiger partial charge in [-0.25, -0.2) is 0 Å². The minimum atomic E-state index is -0.271. The standard InChI is InChI=1S/C12H16O2/c1-7(2)5-6-10-8(3)9(4)11(13)12(10)14/h5,7-8,13H,1-4H3. The summed E-state index contributed by atoms with van der Waals surface area (Å²) in [4.78, 5) is 11.5. The largest absolute Gasteiger partial charge is 0.504 e. The quantitative estimate of drug-likeness (QED) is 0.512. The van der Waals surface area contributed by atoms with Gasteiger partial charge in [-0.15, -0.1) is 5.73 Å². The van der Waals surface area contributed by atoms with Crippen LogP contribution in [0.5, 0.6) is 0 Å². The zero-order chi connectivity index (χ0) is 10.9. The Balaban J connectivity index is 3.09. The molecular weight excluding hydrogens is 176 g/mol. The lowest BCUT2D eigenvalue weighted by molar-refractivity contribution is -0.114. The van der Waals surface area contributed by atoms with Gasteiger partial charge in [0.15, 0.2) is 5.76 Å². The van der Waals surface area contributed by atoms with Crippen molar-refractivity contribution in [2.75, 3.05) is 0 Å². The highest BCUT2D eigenvalue weighted by molar-refractivity contribution is 6.10. The SMILES string of the molecule is CC1=C(O)C(=O)C(=C=CC(C)C)C1C. The van der Waals surface area contributed by atoms with Crippen molar-refractivity contribution in [3.05, 3.63) is 28.7 Å². The van der Waals surface area contributed by atoms with Gasteiger partial charge in [0, 0.05) is 5.92 Å². The van der Waals surface area contributed by atoms with Crippen LogP contribution in [-0.2, 0) is 4.79 Å². The molecule has 1 N–H and O–H groups in total. The zero-order valence-corrected chi connectivity index (χ0v) is 9.09. The molecule has 2 heteroatoms. The Hall–Kier alpha value is -1.27. The fraction of sp³-hybridized carbons (Fsp3) is 0.500. The first-order valence-corrected chi connectivity index (χ1v) is 4.86. The average Bonchev–Trinajstić information content (AvgIpc) is 2.29. The fourth-order valence-electron chi connectivity index (χ4n) is 1.37. The number of carbonyl (C=O) groups is 1. The van der Waals surface area contributed by atoms with Crippen LogP contribution in [0, 0.1) is 11.8 Å². The van der Waals surface area contributed by atoms with Crippen LogP contribution in [0.1, 0.15) is 27.7 Å². The summed E-state index contributed by atoms with van der Waals surface area (Å²) in [5, 5.41) is 9.43. The van der Waals surface area contributed by atoms with Crippen LogP contribution in [0.3, 0.4) is 0 Å². The maximum Gasteiger partial charge on any atom is 0.231 e. The van der Waals surface area contributed by atoms with E-state index < -0.39 is 0 Å². The van der Waals surface area contributed by atoms with Crippen LogP contribution in [0.15, 0.2) is 28.7 Å². The minimum Gasteiger partial charge on any atom is -0.504 e. The lowest BCUT2D eigenvalue weighted by Gasteiger charge is -2.01. The highest BCUT2D eigenvalue weighted by atomic mass is 16.3. The predicted octanol–water partition coefficient (Wildman–Crippen LogP) is 2.77. The molecule has 1 aliphatic carbocycles. The van der Waals surface area contributed by atoms with Gasteiger partial charge >= 0.3 is 0 Å². The maximum absolute atomic E-state index is 11.5. The number of hydrogen-bond acceptors (Lipinski definition) is 2. The Morgan fingerprint density at radius 2 is 2.07 bits per heavy atom. The molecular formula is C12H16O2. The normalized spacial score (nSPS) is 21.9. The molecule has 1 unspecified atom stereocenters. The second-order valence-corrected chi connectivity index (χ2v) is 4.05. The van der Waals surface area contributed by atoms with Crippen LogP contribution in [0.4, 0.5) is 0 Å². The van der Waals surface area contributed by atoms with E-state index >= 15 is 0 Å². The van der Waals surface area contributed by atoms with E-state index in [4.69, 9.17) is 0 Å². The molecule has 1 rings (SSSR count). The summed E-state index contributed by atoms with van der Waals surface area (Å²) >= 11 is 0. The van der Waals surface area contributed by atoms with Gasteiger partial charge in [-0.3, -0.25) is 4.79 Å². The molecule has 0 aromatic rings. The van der Waals surface area contributed by atoms with E-state index in [0.717, 1.165) is 5.57 Å². The predicted molar refractivity (Wildman–Crippen MR) is 55.9 cm³/mol. The van der Waals surface area contributed by atoms with E-state index in [1.54, 1.807) is 6.92 Å². The second kappa shape index (κ2) is 3.85. The molecule has 0 spiro atoms. The third-order valence-electron chi connectivity index (χ3n) is 2.49. The summed E-state index contributed by atoms with van der Waals surface area (Å²) in [6.45, 7) is 7.74. The molecule has 0 saturated carbocycles.